The molecule has 1 heterocycles. The second-order valence-corrected chi connectivity index (χ2v) is 4.13. The molecule has 1 nitrogen and oxygen atoms in total. The van der Waals surface area contributed by atoms with E-state index in [0.29, 0.717) is 0 Å². The van der Waals surface area contributed by atoms with E-state index >= 15 is 0 Å². The van der Waals surface area contributed by atoms with Crippen LogP contribution in [0, 0.1) is 5.41 Å². The van der Waals surface area contributed by atoms with Crippen LogP contribution in [0.3, 0.4) is 0 Å². The van der Waals surface area contributed by atoms with Crippen LogP contribution < -0.4 is 0 Å². The molecule has 1 heteroatoms. The van der Waals surface area contributed by atoms with Crippen molar-refractivity contribution in [1.82, 2.24) is 0 Å². The Morgan fingerprint density at radius 3 is 2.92 bits per heavy atom. The van der Waals surface area contributed by atoms with E-state index in [0.717, 1.165) is 12.1 Å². The molecule has 1 atom stereocenters. The summed E-state index contributed by atoms with van der Waals surface area (Å²) in [5.41, 5.74) is 3.82. The van der Waals surface area contributed by atoms with Gasteiger partial charge in [-0.05, 0) is 31.9 Å². The summed E-state index contributed by atoms with van der Waals surface area (Å²) < 4.78 is 0. The van der Waals surface area contributed by atoms with Gasteiger partial charge < -0.3 is 0 Å². The highest BCUT2D eigenvalue weighted by Crippen LogP contribution is 2.40. The number of nitrogens with zero attached hydrogens (tertiary/aromatic N) is 1. The average Bonchev–Trinajstić information content (AvgIpc) is 2.07. The molecule has 1 aliphatic heterocycles. The van der Waals surface area contributed by atoms with Crippen molar-refractivity contribution in [3.8, 4) is 0 Å². The highest BCUT2D eigenvalue weighted by atomic mass is 14.8. The molecular formula is C12H15N. The Kier molecular flexibility index (Phi) is 1.76. The van der Waals surface area contributed by atoms with Crippen LogP contribution in [0.1, 0.15) is 27.2 Å². The highest BCUT2D eigenvalue weighted by Gasteiger charge is 2.29. The average molecular weight is 173 g/mol. The van der Waals surface area contributed by atoms with Gasteiger partial charge in [0, 0.05) is 11.1 Å². The third-order valence-corrected chi connectivity index (χ3v) is 2.91. The van der Waals surface area contributed by atoms with Crippen molar-refractivity contribution < 1.29 is 0 Å². The molecule has 0 fully saturated rings. The molecule has 0 aromatic rings. The molecule has 1 unspecified atom stereocenters. The smallest absolute Gasteiger partial charge is 0.0506 e. The van der Waals surface area contributed by atoms with E-state index in [1.807, 2.05) is 0 Å². The SMILES string of the molecule is CC1=CC2(C)CC=CC=C2N=C1C. The molecule has 2 aliphatic rings. The Labute approximate surface area is 79.6 Å². The second-order valence-electron chi connectivity index (χ2n) is 4.13. The lowest BCUT2D eigenvalue weighted by atomic mass is 9.77. The van der Waals surface area contributed by atoms with Gasteiger partial charge in [-0.15, -0.1) is 0 Å². The first-order chi connectivity index (χ1) is 6.12. The van der Waals surface area contributed by atoms with Crippen molar-refractivity contribution in [3.63, 3.8) is 0 Å². The molecule has 0 saturated heterocycles. The lowest BCUT2D eigenvalue weighted by Gasteiger charge is -2.32. The third kappa shape index (κ3) is 1.28. The Morgan fingerprint density at radius 1 is 1.38 bits per heavy atom. The predicted molar refractivity (Wildman–Crippen MR) is 56.8 cm³/mol. The Bertz CT molecular complexity index is 355. The maximum absolute atomic E-state index is 4.62. The molecule has 0 bridgehead atoms. The number of allylic oxidation sites excluding steroid dienone is 5. The van der Waals surface area contributed by atoms with Crippen molar-refractivity contribution in [2.75, 3.05) is 0 Å². The van der Waals surface area contributed by atoms with Gasteiger partial charge in [-0.2, -0.15) is 0 Å². The fourth-order valence-electron chi connectivity index (χ4n) is 1.92. The van der Waals surface area contributed by atoms with Crippen LogP contribution in [0.25, 0.3) is 0 Å². The van der Waals surface area contributed by atoms with Crippen LogP contribution in [-0.2, 0) is 0 Å². The van der Waals surface area contributed by atoms with E-state index in [4.69, 9.17) is 0 Å². The van der Waals surface area contributed by atoms with Crippen molar-refractivity contribution in [1.29, 1.82) is 0 Å². The lowest BCUT2D eigenvalue weighted by Crippen LogP contribution is -2.22. The summed E-state index contributed by atoms with van der Waals surface area (Å²) in [5, 5.41) is 0. The molecule has 0 saturated carbocycles. The van der Waals surface area contributed by atoms with Crippen molar-refractivity contribution in [2.45, 2.75) is 27.2 Å². The van der Waals surface area contributed by atoms with E-state index < -0.39 is 0 Å². The van der Waals surface area contributed by atoms with Gasteiger partial charge in [-0.25, -0.2) is 0 Å². The molecule has 0 aromatic carbocycles. The summed E-state index contributed by atoms with van der Waals surface area (Å²) in [6.07, 6.45) is 9.85. The quantitative estimate of drug-likeness (QED) is 0.533. The van der Waals surface area contributed by atoms with E-state index in [1.165, 1.54) is 11.3 Å². The monoisotopic (exact) mass is 173 g/mol. The van der Waals surface area contributed by atoms with E-state index in [-0.39, 0.29) is 5.41 Å². The molecule has 13 heavy (non-hydrogen) atoms. The summed E-state index contributed by atoms with van der Waals surface area (Å²) in [4.78, 5) is 4.62. The highest BCUT2D eigenvalue weighted by molar-refractivity contribution is 5.99. The zero-order valence-electron chi connectivity index (χ0n) is 8.46. The first-order valence-electron chi connectivity index (χ1n) is 4.74. The summed E-state index contributed by atoms with van der Waals surface area (Å²) >= 11 is 0. The van der Waals surface area contributed by atoms with Crippen LogP contribution in [0.4, 0.5) is 0 Å². The number of aliphatic imine (C=N–C) groups is 1. The normalized spacial score (nSPS) is 31.8. The van der Waals surface area contributed by atoms with Gasteiger partial charge in [0.15, 0.2) is 0 Å². The summed E-state index contributed by atoms with van der Waals surface area (Å²) in [6.45, 7) is 6.46. The van der Waals surface area contributed by atoms with Gasteiger partial charge >= 0.3 is 0 Å². The minimum absolute atomic E-state index is 0.151. The van der Waals surface area contributed by atoms with Gasteiger partial charge in [-0.1, -0.05) is 25.2 Å². The van der Waals surface area contributed by atoms with Crippen LogP contribution >= 0.6 is 0 Å². The van der Waals surface area contributed by atoms with Gasteiger partial charge in [0.25, 0.3) is 0 Å². The molecular weight excluding hydrogens is 158 g/mol. The van der Waals surface area contributed by atoms with Crippen LogP contribution in [-0.4, -0.2) is 5.71 Å². The van der Waals surface area contributed by atoms with Crippen molar-refractivity contribution in [3.05, 3.63) is 35.6 Å². The van der Waals surface area contributed by atoms with Crippen molar-refractivity contribution >= 4 is 5.71 Å². The minimum atomic E-state index is 0.151. The molecule has 0 spiro atoms. The van der Waals surface area contributed by atoms with Crippen LogP contribution in [0.2, 0.25) is 0 Å². The van der Waals surface area contributed by atoms with Gasteiger partial charge in [0.1, 0.15) is 0 Å². The lowest BCUT2D eigenvalue weighted by molar-refractivity contribution is 0.504. The number of fused-ring (bicyclic) bond motifs is 1. The summed E-state index contributed by atoms with van der Waals surface area (Å²) in [6, 6.07) is 0. The Hall–Kier alpha value is -1.11. The van der Waals surface area contributed by atoms with E-state index in [9.17, 15) is 0 Å². The number of hydrogen-bond donors (Lipinski definition) is 0. The van der Waals surface area contributed by atoms with E-state index in [2.05, 4.69) is 50.1 Å². The first kappa shape index (κ1) is 8.49. The third-order valence-electron chi connectivity index (χ3n) is 2.91. The molecule has 0 radical (unpaired) electrons. The van der Waals surface area contributed by atoms with Crippen LogP contribution in [0.15, 0.2) is 40.6 Å². The molecule has 0 N–H and O–H groups in total. The summed E-state index contributed by atoms with van der Waals surface area (Å²) in [5.74, 6) is 0. The zero-order chi connectivity index (χ0) is 9.47. The zero-order valence-corrected chi connectivity index (χ0v) is 8.46. The largest absolute Gasteiger partial charge is 0.257 e. The predicted octanol–water partition coefficient (Wildman–Crippen LogP) is 3.26. The molecule has 68 valence electrons. The molecule has 0 amide bonds. The number of dihydropyridines is 1. The van der Waals surface area contributed by atoms with E-state index in [1.54, 1.807) is 0 Å². The summed E-state index contributed by atoms with van der Waals surface area (Å²) in [7, 11) is 0. The van der Waals surface area contributed by atoms with Crippen LogP contribution in [0.5, 0.6) is 0 Å². The topological polar surface area (TPSA) is 12.4 Å². The molecule has 2 rings (SSSR count). The fourth-order valence-corrected chi connectivity index (χ4v) is 1.92. The first-order valence-corrected chi connectivity index (χ1v) is 4.74. The maximum atomic E-state index is 4.62. The Morgan fingerprint density at radius 2 is 2.15 bits per heavy atom. The standard InChI is InChI=1S/C12H15N/c1-9-8-12(3)7-5-4-6-11(12)13-10(9)2/h4-6,8H,7H2,1-3H3. The maximum Gasteiger partial charge on any atom is 0.0506 e. The van der Waals surface area contributed by atoms with Gasteiger partial charge in [0.2, 0.25) is 0 Å². The Balaban J connectivity index is 2.50. The number of rotatable bonds is 0. The van der Waals surface area contributed by atoms with Crippen molar-refractivity contribution in [2.24, 2.45) is 10.4 Å². The number of hydrogen-bond acceptors (Lipinski definition) is 1. The fraction of sp³-hybridized carbons (Fsp3) is 0.417. The minimum Gasteiger partial charge on any atom is -0.257 e. The molecule has 1 aliphatic carbocycles. The molecule has 0 aromatic heterocycles. The second kappa shape index (κ2) is 2.69. The van der Waals surface area contributed by atoms with Gasteiger partial charge in [0.05, 0.1) is 5.70 Å². The van der Waals surface area contributed by atoms with Gasteiger partial charge in [-0.3, -0.25) is 4.99 Å².